The van der Waals surface area contributed by atoms with Gasteiger partial charge in [-0.25, -0.2) is 0 Å². The zero-order chi connectivity index (χ0) is 17.8. The van der Waals surface area contributed by atoms with Gasteiger partial charge in [0, 0.05) is 5.56 Å². The third-order valence-electron chi connectivity index (χ3n) is 4.10. The predicted molar refractivity (Wildman–Crippen MR) is 98.9 cm³/mol. The molecular formula is C21H22O4. The molecule has 130 valence electrons. The third-order valence-corrected chi connectivity index (χ3v) is 4.10. The van der Waals surface area contributed by atoms with Crippen molar-refractivity contribution in [3.8, 4) is 17.2 Å². The van der Waals surface area contributed by atoms with E-state index in [1.165, 1.54) is 11.8 Å². The van der Waals surface area contributed by atoms with Crippen molar-refractivity contribution in [1.82, 2.24) is 0 Å². The van der Waals surface area contributed by atoms with Gasteiger partial charge in [-0.15, -0.1) is 0 Å². The summed E-state index contributed by atoms with van der Waals surface area (Å²) in [6, 6.07) is 11.3. The minimum atomic E-state index is -0.190. The Morgan fingerprint density at radius 3 is 2.44 bits per heavy atom. The number of hydrogen-bond acceptors (Lipinski definition) is 4. The zero-order valence-electron chi connectivity index (χ0n) is 14.8. The highest BCUT2D eigenvalue weighted by atomic mass is 16.5. The molecule has 0 N–H and O–H groups in total. The quantitative estimate of drug-likeness (QED) is 0.616. The van der Waals surface area contributed by atoms with E-state index < -0.39 is 0 Å². The first-order chi connectivity index (χ1) is 12.1. The molecule has 0 atom stereocenters. The lowest BCUT2D eigenvalue weighted by Gasteiger charge is -2.10. The molecule has 4 heteroatoms. The van der Waals surface area contributed by atoms with Crippen LogP contribution in [0.5, 0.6) is 17.2 Å². The molecule has 0 saturated heterocycles. The second-order valence-corrected chi connectivity index (χ2v) is 5.92. The summed E-state index contributed by atoms with van der Waals surface area (Å²) in [5.41, 5.74) is 2.40. The van der Waals surface area contributed by atoms with Crippen molar-refractivity contribution in [1.29, 1.82) is 0 Å². The monoisotopic (exact) mass is 338 g/mol. The van der Waals surface area contributed by atoms with Gasteiger partial charge < -0.3 is 13.9 Å². The number of benzene rings is 2. The summed E-state index contributed by atoms with van der Waals surface area (Å²) in [6.07, 6.45) is 3.49. The minimum Gasteiger partial charge on any atom is -0.493 e. The average Bonchev–Trinajstić information content (AvgIpc) is 2.62. The van der Waals surface area contributed by atoms with Crippen LogP contribution in [0.2, 0.25) is 0 Å². The summed E-state index contributed by atoms with van der Waals surface area (Å²) >= 11 is 0. The number of ether oxygens (including phenoxy) is 2. The predicted octanol–water partition coefficient (Wildman–Crippen LogP) is 5.24. The van der Waals surface area contributed by atoms with Gasteiger partial charge in [0.1, 0.15) is 23.3 Å². The summed E-state index contributed by atoms with van der Waals surface area (Å²) in [6.45, 7) is 6.50. The van der Waals surface area contributed by atoms with Gasteiger partial charge in [-0.3, -0.25) is 4.79 Å². The molecule has 4 nitrogen and oxygen atoms in total. The highest BCUT2D eigenvalue weighted by Crippen LogP contribution is 2.28. The molecule has 0 amide bonds. The molecule has 0 aliphatic heterocycles. The average molecular weight is 338 g/mol. The van der Waals surface area contributed by atoms with E-state index in [1.807, 2.05) is 38.1 Å². The van der Waals surface area contributed by atoms with E-state index in [0.29, 0.717) is 23.3 Å². The van der Waals surface area contributed by atoms with Gasteiger partial charge in [0.25, 0.3) is 0 Å². The fourth-order valence-corrected chi connectivity index (χ4v) is 2.83. The highest BCUT2D eigenvalue weighted by molar-refractivity contribution is 5.82. The van der Waals surface area contributed by atoms with Crippen molar-refractivity contribution in [2.45, 2.75) is 33.6 Å². The zero-order valence-corrected chi connectivity index (χ0v) is 14.8. The molecule has 0 unspecified atom stereocenters. The van der Waals surface area contributed by atoms with Crippen LogP contribution in [0.1, 0.15) is 31.4 Å². The van der Waals surface area contributed by atoms with E-state index in [0.717, 1.165) is 24.2 Å². The molecule has 0 radical (unpaired) electrons. The minimum absolute atomic E-state index is 0.180. The summed E-state index contributed by atoms with van der Waals surface area (Å²) in [7, 11) is 0. The van der Waals surface area contributed by atoms with Crippen LogP contribution in [0.3, 0.4) is 0 Å². The molecule has 1 aromatic heterocycles. The molecule has 0 fully saturated rings. The van der Waals surface area contributed by atoms with Crippen LogP contribution in [0.25, 0.3) is 11.0 Å². The van der Waals surface area contributed by atoms with Gasteiger partial charge in [0.15, 0.2) is 0 Å². The van der Waals surface area contributed by atoms with Crippen LogP contribution < -0.4 is 14.9 Å². The Hall–Kier alpha value is -2.75. The van der Waals surface area contributed by atoms with Gasteiger partial charge in [0.05, 0.1) is 12.0 Å². The molecule has 0 bridgehead atoms. The van der Waals surface area contributed by atoms with Crippen LogP contribution in [0, 0.1) is 6.92 Å². The molecule has 3 aromatic rings. The van der Waals surface area contributed by atoms with E-state index in [-0.39, 0.29) is 11.2 Å². The molecule has 25 heavy (non-hydrogen) atoms. The molecule has 0 aliphatic carbocycles. The lowest BCUT2D eigenvalue weighted by molar-refractivity contribution is 0.337. The summed E-state index contributed by atoms with van der Waals surface area (Å²) in [5.74, 6) is 1.52. The number of hydrogen-bond donors (Lipinski definition) is 0. The molecule has 1 heterocycles. The Morgan fingerprint density at radius 1 is 1.00 bits per heavy atom. The topological polar surface area (TPSA) is 48.7 Å². The van der Waals surface area contributed by atoms with Crippen LogP contribution in [0.15, 0.2) is 51.9 Å². The fourth-order valence-electron chi connectivity index (χ4n) is 2.83. The second kappa shape index (κ2) is 7.43. The van der Waals surface area contributed by atoms with Crippen LogP contribution in [-0.4, -0.2) is 6.61 Å². The van der Waals surface area contributed by atoms with Gasteiger partial charge in [-0.05, 0) is 50.1 Å². The van der Waals surface area contributed by atoms with Crippen LogP contribution in [-0.2, 0) is 6.42 Å². The first-order valence-electron chi connectivity index (χ1n) is 8.58. The molecule has 0 aliphatic rings. The lowest BCUT2D eigenvalue weighted by Crippen LogP contribution is -2.06. The van der Waals surface area contributed by atoms with E-state index in [9.17, 15) is 4.79 Å². The first-order valence-corrected chi connectivity index (χ1v) is 8.58. The van der Waals surface area contributed by atoms with E-state index in [2.05, 4.69) is 6.92 Å². The Balaban J connectivity index is 1.93. The van der Waals surface area contributed by atoms with Gasteiger partial charge in [-0.2, -0.15) is 0 Å². The Labute approximate surface area is 147 Å². The summed E-state index contributed by atoms with van der Waals surface area (Å²) in [5, 5.41) is 0.487. The lowest BCUT2D eigenvalue weighted by atomic mass is 10.1. The van der Waals surface area contributed by atoms with Gasteiger partial charge in [0.2, 0.25) is 11.2 Å². The third kappa shape index (κ3) is 3.53. The summed E-state index contributed by atoms with van der Waals surface area (Å²) < 4.78 is 16.9. The largest absolute Gasteiger partial charge is 0.493 e. The van der Waals surface area contributed by atoms with Crippen molar-refractivity contribution >= 4 is 11.0 Å². The first kappa shape index (κ1) is 17.1. The SMILES string of the molecule is CCCc1ccc(Oc2coc3c(C)c(OCC)ccc3c2=O)cc1. The van der Waals surface area contributed by atoms with Crippen molar-refractivity contribution in [2.75, 3.05) is 6.61 Å². The van der Waals surface area contributed by atoms with E-state index >= 15 is 0 Å². The summed E-state index contributed by atoms with van der Waals surface area (Å²) in [4.78, 5) is 12.7. The molecule has 0 spiro atoms. The Morgan fingerprint density at radius 2 is 1.76 bits per heavy atom. The van der Waals surface area contributed by atoms with Gasteiger partial charge >= 0.3 is 0 Å². The van der Waals surface area contributed by atoms with E-state index in [4.69, 9.17) is 13.9 Å². The second-order valence-electron chi connectivity index (χ2n) is 5.92. The van der Waals surface area contributed by atoms with Crippen LogP contribution in [0.4, 0.5) is 0 Å². The van der Waals surface area contributed by atoms with Crippen molar-refractivity contribution in [2.24, 2.45) is 0 Å². The maximum absolute atomic E-state index is 12.7. The number of aryl methyl sites for hydroxylation is 2. The van der Waals surface area contributed by atoms with Crippen molar-refractivity contribution < 1.29 is 13.9 Å². The van der Waals surface area contributed by atoms with E-state index in [1.54, 1.807) is 12.1 Å². The molecule has 0 saturated carbocycles. The molecule has 3 rings (SSSR count). The smallest absolute Gasteiger partial charge is 0.235 e. The van der Waals surface area contributed by atoms with Crippen molar-refractivity contribution in [3.63, 3.8) is 0 Å². The number of rotatable bonds is 6. The van der Waals surface area contributed by atoms with Crippen LogP contribution >= 0.6 is 0 Å². The van der Waals surface area contributed by atoms with Gasteiger partial charge in [-0.1, -0.05) is 25.5 Å². The number of fused-ring (bicyclic) bond motifs is 1. The maximum atomic E-state index is 12.7. The normalized spacial score (nSPS) is 10.8. The van der Waals surface area contributed by atoms with Crippen molar-refractivity contribution in [3.05, 3.63) is 64.0 Å². The molecular weight excluding hydrogens is 316 g/mol. The highest BCUT2D eigenvalue weighted by Gasteiger charge is 2.13. The maximum Gasteiger partial charge on any atom is 0.235 e. The Bertz CT molecular complexity index is 923. The Kier molecular flexibility index (Phi) is 5.08. The fraction of sp³-hybridized carbons (Fsp3) is 0.286. The standard InChI is InChI=1S/C21H22O4/c1-4-6-15-7-9-16(10-8-15)25-19-13-24-21-14(3)18(23-5-2)12-11-17(21)20(19)22/h7-13H,4-6H2,1-3H3. The molecule has 2 aromatic carbocycles.